The lowest BCUT2D eigenvalue weighted by Crippen LogP contribution is -2.13. The first-order valence-electron chi connectivity index (χ1n) is 7.03. The van der Waals surface area contributed by atoms with Crippen LogP contribution in [0.1, 0.15) is 11.3 Å². The average Bonchev–Trinajstić information content (AvgIpc) is 3.10. The predicted octanol–water partition coefficient (Wildman–Crippen LogP) is 1.77. The van der Waals surface area contributed by atoms with Crippen LogP contribution in [-0.2, 0) is 23.6 Å². The molecule has 8 heteroatoms. The fourth-order valence-electron chi connectivity index (χ4n) is 2.31. The highest BCUT2D eigenvalue weighted by Gasteiger charge is 2.19. The molecule has 3 rings (SSSR count). The topological polar surface area (TPSA) is 81.8 Å². The largest absolute Gasteiger partial charge is 0.280 e. The molecule has 0 spiro atoms. The molecule has 0 fully saturated rings. The Hall–Kier alpha value is -2.61. The van der Waals surface area contributed by atoms with Crippen LogP contribution in [0.15, 0.2) is 53.8 Å². The molecule has 0 aliphatic heterocycles. The van der Waals surface area contributed by atoms with E-state index < -0.39 is 10.0 Å². The first-order valence-corrected chi connectivity index (χ1v) is 8.52. The fraction of sp³-hybridized carbons (Fsp3) is 0.200. The van der Waals surface area contributed by atoms with Gasteiger partial charge < -0.3 is 0 Å². The van der Waals surface area contributed by atoms with Crippen molar-refractivity contribution in [1.82, 2.24) is 19.6 Å². The lowest BCUT2D eigenvalue weighted by Gasteiger charge is -2.08. The van der Waals surface area contributed by atoms with E-state index in [4.69, 9.17) is 0 Å². The van der Waals surface area contributed by atoms with Gasteiger partial charge in [-0.1, -0.05) is 12.1 Å². The third-order valence-electron chi connectivity index (χ3n) is 3.37. The van der Waals surface area contributed by atoms with Gasteiger partial charge in [-0.25, -0.2) is 8.42 Å². The number of anilines is 1. The first kappa shape index (κ1) is 15.3. The monoisotopic (exact) mass is 331 g/mol. The summed E-state index contributed by atoms with van der Waals surface area (Å²) in [5.74, 6) is 0. The van der Waals surface area contributed by atoms with Crippen molar-refractivity contribution in [2.45, 2.75) is 18.4 Å². The van der Waals surface area contributed by atoms with Crippen molar-refractivity contribution in [3.05, 3.63) is 60.2 Å². The Morgan fingerprint density at radius 1 is 1.22 bits per heavy atom. The Balaban J connectivity index is 1.76. The zero-order chi connectivity index (χ0) is 16.4. The van der Waals surface area contributed by atoms with Crippen molar-refractivity contribution < 1.29 is 8.42 Å². The van der Waals surface area contributed by atoms with Crippen molar-refractivity contribution in [3.8, 4) is 0 Å². The fourth-order valence-corrected chi connectivity index (χ4v) is 3.59. The Kier molecular flexibility index (Phi) is 3.91. The molecule has 1 N–H and O–H groups in total. The lowest BCUT2D eigenvalue weighted by molar-refractivity contribution is 0.600. The summed E-state index contributed by atoms with van der Waals surface area (Å²) in [6, 6.07) is 9.08. The number of aryl methyl sites for hydroxylation is 2. The molecule has 0 radical (unpaired) electrons. The van der Waals surface area contributed by atoms with Crippen LogP contribution in [0.25, 0.3) is 0 Å². The maximum atomic E-state index is 12.4. The number of aromatic nitrogens is 4. The zero-order valence-corrected chi connectivity index (χ0v) is 13.7. The van der Waals surface area contributed by atoms with Gasteiger partial charge in [0.05, 0.1) is 12.2 Å². The highest BCUT2D eigenvalue weighted by Crippen LogP contribution is 2.19. The van der Waals surface area contributed by atoms with Crippen LogP contribution >= 0.6 is 0 Å². The van der Waals surface area contributed by atoms with E-state index in [-0.39, 0.29) is 4.90 Å². The van der Waals surface area contributed by atoms with E-state index >= 15 is 0 Å². The molecule has 2 heterocycles. The van der Waals surface area contributed by atoms with Gasteiger partial charge in [-0.15, -0.1) is 0 Å². The third-order valence-corrected chi connectivity index (χ3v) is 4.85. The first-order chi connectivity index (χ1) is 10.9. The van der Waals surface area contributed by atoms with Crippen LogP contribution in [0.2, 0.25) is 0 Å². The van der Waals surface area contributed by atoms with Crippen molar-refractivity contribution in [3.63, 3.8) is 0 Å². The van der Waals surface area contributed by atoms with Gasteiger partial charge in [0.1, 0.15) is 4.90 Å². The van der Waals surface area contributed by atoms with Crippen LogP contribution in [-0.4, -0.2) is 28.0 Å². The molecular weight excluding hydrogens is 314 g/mol. The minimum atomic E-state index is -3.64. The van der Waals surface area contributed by atoms with Crippen molar-refractivity contribution >= 4 is 15.7 Å². The van der Waals surface area contributed by atoms with E-state index in [0.717, 1.165) is 5.56 Å². The van der Waals surface area contributed by atoms with Crippen LogP contribution in [0.3, 0.4) is 0 Å². The molecule has 0 amide bonds. The number of rotatable bonds is 5. The summed E-state index contributed by atoms with van der Waals surface area (Å²) in [5, 5.41) is 8.20. The molecule has 2 aromatic heterocycles. The molecule has 0 aliphatic carbocycles. The molecule has 1 aromatic carbocycles. The minimum Gasteiger partial charge on any atom is -0.280 e. The number of nitrogens with one attached hydrogen (secondary N) is 1. The van der Waals surface area contributed by atoms with Gasteiger partial charge >= 0.3 is 0 Å². The summed E-state index contributed by atoms with van der Waals surface area (Å²) in [6.07, 6.45) is 5.09. The molecule has 0 bridgehead atoms. The number of sulfonamides is 1. The van der Waals surface area contributed by atoms with Gasteiger partial charge in [0.25, 0.3) is 10.0 Å². The normalized spacial score (nSPS) is 11.6. The Labute approximate surface area is 134 Å². The highest BCUT2D eigenvalue weighted by atomic mass is 32.2. The second-order valence-corrected chi connectivity index (χ2v) is 6.91. The van der Waals surface area contributed by atoms with E-state index in [1.54, 1.807) is 37.0 Å². The van der Waals surface area contributed by atoms with Gasteiger partial charge in [-0.05, 0) is 30.7 Å². The summed E-state index contributed by atoms with van der Waals surface area (Å²) in [6.45, 7) is 2.31. The van der Waals surface area contributed by atoms with E-state index in [1.807, 2.05) is 24.4 Å². The van der Waals surface area contributed by atoms with Crippen molar-refractivity contribution in [1.29, 1.82) is 0 Å². The molecular formula is C15H17N5O2S. The standard InChI is InChI=1S/C15H17N5O2S/c1-12-15(11-19(2)17-12)23(21,22)18-14-6-4-13(5-7-14)10-20-9-3-8-16-20/h3-9,11,18H,10H2,1-2H3. The summed E-state index contributed by atoms with van der Waals surface area (Å²) < 4.78 is 30.7. The number of hydrogen-bond donors (Lipinski definition) is 1. The Morgan fingerprint density at radius 3 is 2.52 bits per heavy atom. The number of nitrogens with zero attached hydrogens (tertiary/aromatic N) is 4. The average molecular weight is 331 g/mol. The van der Waals surface area contributed by atoms with Gasteiger partial charge in [0.15, 0.2) is 0 Å². The van der Waals surface area contributed by atoms with Crippen LogP contribution < -0.4 is 4.72 Å². The number of hydrogen-bond acceptors (Lipinski definition) is 4. The molecule has 3 aromatic rings. The minimum absolute atomic E-state index is 0.181. The molecule has 120 valence electrons. The summed E-state index contributed by atoms with van der Waals surface area (Å²) in [4.78, 5) is 0.181. The Morgan fingerprint density at radius 2 is 1.96 bits per heavy atom. The molecule has 0 saturated heterocycles. The second-order valence-electron chi connectivity index (χ2n) is 5.26. The quantitative estimate of drug-likeness (QED) is 0.772. The van der Waals surface area contributed by atoms with Crippen LogP contribution in [0.4, 0.5) is 5.69 Å². The predicted molar refractivity (Wildman–Crippen MR) is 86.5 cm³/mol. The van der Waals surface area contributed by atoms with Gasteiger partial charge in [0.2, 0.25) is 0 Å². The summed E-state index contributed by atoms with van der Waals surface area (Å²) in [7, 11) is -1.95. The smallest absolute Gasteiger partial charge is 0.265 e. The summed E-state index contributed by atoms with van der Waals surface area (Å²) in [5.41, 5.74) is 2.02. The summed E-state index contributed by atoms with van der Waals surface area (Å²) >= 11 is 0. The van der Waals surface area contributed by atoms with Gasteiger partial charge in [0, 0.05) is 31.3 Å². The molecule has 0 aliphatic rings. The van der Waals surface area contributed by atoms with Crippen molar-refractivity contribution in [2.24, 2.45) is 7.05 Å². The Bertz CT molecular complexity index is 896. The van der Waals surface area contributed by atoms with Gasteiger partial charge in [-0.2, -0.15) is 10.2 Å². The molecule has 0 unspecified atom stereocenters. The van der Waals surface area contributed by atoms with E-state index in [1.165, 1.54) is 10.9 Å². The maximum Gasteiger partial charge on any atom is 0.265 e. The van der Waals surface area contributed by atoms with E-state index in [2.05, 4.69) is 14.9 Å². The molecule has 0 atom stereocenters. The van der Waals surface area contributed by atoms with E-state index in [9.17, 15) is 8.42 Å². The highest BCUT2D eigenvalue weighted by molar-refractivity contribution is 7.92. The van der Waals surface area contributed by atoms with Crippen LogP contribution in [0, 0.1) is 6.92 Å². The SMILES string of the molecule is Cc1nn(C)cc1S(=O)(=O)Nc1ccc(Cn2cccn2)cc1. The van der Waals surface area contributed by atoms with Crippen LogP contribution in [0.5, 0.6) is 0 Å². The third kappa shape index (κ3) is 3.42. The lowest BCUT2D eigenvalue weighted by atomic mass is 10.2. The maximum absolute atomic E-state index is 12.4. The zero-order valence-electron chi connectivity index (χ0n) is 12.8. The molecule has 23 heavy (non-hydrogen) atoms. The number of benzene rings is 1. The second kappa shape index (κ2) is 5.88. The van der Waals surface area contributed by atoms with Crippen molar-refractivity contribution in [2.75, 3.05) is 4.72 Å². The molecule has 7 nitrogen and oxygen atoms in total. The molecule has 0 saturated carbocycles. The van der Waals surface area contributed by atoms with Gasteiger partial charge in [-0.3, -0.25) is 14.1 Å². The van der Waals surface area contributed by atoms with E-state index in [0.29, 0.717) is 17.9 Å².